The molecule has 1 N–H and O–H groups in total. The number of thiocarbonyl (C=S) groups is 1. The molecule has 2 aromatic rings. The van der Waals surface area contributed by atoms with Gasteiger partial charge in [0, 0.05) is 0 Å². The molecule has 1 fully saturated rings. The molecule has 0 bridgehead atoms. The van der Waals surface area contributed by atoms with Gasteiger partial charge in [-0.25, -0.2) is 0 Å². The van der Waals surface area contributed by atoms with E-state index in [4.69, 9.17) is 16.6 Å². The first-order valence-corrected chi connectivity index (χ1v) is 7.50. The number of carbonyl (C=O) groups excluding carboxylic acids is 2. The maximum atomic E-state index is 12.7. The normalized spacial score (nSPS) is 16.3. The predicted molar refractivity (Wildman–Crippen MR) is 92.7 cm³/mol. The first kappa shape index (κ1) is 16.5. The fraction of sp³-hybridized carbons (Fsp3) is 0.0625. The molecule has 0 atom stereocenters. The average Bonchev–Trinajstić information content (AvgIpc) is 3.00. The van der Waals surface area contributed by atoms with Crippen LogP contribution in [0.2, 0.25) is 0 Å². The second kappa shape index (κ2) is 6.29. The molecule has 1 aromatic carbocycles. The van der Waals surface area contributed by atoms with E-state index in [0.29, 0.717) is 5.69 Å². The molecule has 2 amide bonds. The number of nitro groups is 1. The van der Waals surface area contributed by atoms with Crippen LogP contribution in [-0.2, 0) is 9.59 Å². The van der Waals surface area contributed by atoms with Gasteiger partial charge >= 0.3 is 5.88 Å². The molecule has 9 heteroatoms. The fourth-order valence-electron chi connectivity index (χ4n) is 2.32. The summed E-state index contributed by atoms with van der Waals surface area (Å²) in [4.78, 5) is 36.0. The third-order valence-electron chi connectivity index (χ3n) is 3.44. The first-order chi connectivity index (χ1) is 11.9. The van der Waals surface area contributed by atoms with E-state index >= 15 is 0 Å². The first-order valence-electron chi connectivity index (χ1n) is 7.09. The van der Waals surface area contributed by atoms with Crippen LogP contribution in [0.3, 0.4) is 0 Å². The number of hydrogen-bond donors (Lipinski definition) is 1. The highest BCUT2D eigenvalue weighted by Crippen LogP contribution is 2.24. The van der Waals surface area contributed by atoms with E-state index in [9.17, 15) is 19.7 Å². The predicted octanol–water partition coefficient (Wildman–Crippen LogP) is 2.33. The van der Waals surface area contributed by atoms with Crippen molar-refractivity contribution in [2.45, 2.75) is 6.92 Å². The number of nitrogens with zero attached hydrogens (tertiary/aromatic N) is 2. The van der Waals surface area contributed by atoms with Gasteiger partial charge in [-0.1, -0.05) is 12.1 Å². The Bertz CT molecular complexity index is 947. The van der Waals surface area contributed by atoms with Crippen LogP contribution in [0.15, 0.2) is 46.4 Å². The van der Waals surface area contributed by atoms with Crippen LogP contribution in [0.1, 0.15) is 11.3 Å². The lowest BCUT2D eigenvalue weighted by molar-refractivity contribution is -0.402. The topological polar surface area (TPSA) is 106 Å². The van der Waals surface area contributed by atoms with E-state index in [-0.39, 0.29) is 16.4 Å². The molecule has 126 valence electrons. The van der Waals surface area contributed by atoms with Gasteiger partial charge in [0.15, 0.2) is 5.11 Å². The second-order valence-electron chi connectivity index (χ2n) is 5.23. The maximum Gasteiger partial charge on any atom is 0.433 e. The van der Waals surface area contributed by atoms with Gasteiger partial charge in [0.2, 0.25) is 0 Å². The van der Waals surface area contributed by atoms with E-state index in [2.05, 4.69) is 5.32 Å². The Morgan fingerprint density at radius 1 is 1.28 bits per heavy atom. The van der Waals surface area contributed by atoms with E-state index in [0.717, 1.165) is 17.7 Å². The zero-order chi connectivity index (χ0) is 18.1. The van der Waals surface area contributed by atoms with Crippen LogP contribution in [0, 0.1) is 17.0 Å². The summed E-state index contributed by atoms with van der Waals surface area (Å²) in [5, 5.41) is 13.1. The lowest BCUT2D eigenvalue weighted by Gasteiger charge is -2.28. The molecular weight excluding hydrogens is 346 g/mol. The molecule has 0 spiro atoms. The van der Waals surface area contributed by atoms with Gasteiger partial charge in [0.05, 0.1) is 11.8 Å². The highest BCUT2D eigenvalue weighted by atomic mass is 32.1. The Hall–Kier alpha value is -3.33. The molecule has 25 heavy (non-hydrogen) atoms. The highest BCUT2D eigenvalue weighted by molar-refractivity contribution is 7.80. The third kappa shape index (κ3) is 3.17. The van der Waals surface area contributed by atoms with Crippen LogP contribution in [-0.4, -0.2) is 21.9 Å². The van der Waals surface area contributed by atoms with Gasteiger partial charge in [-0.3, -0.25) is 29.9 Å². The van der Waals surface area contributed by atoms with E-state index in [1.807, 2.05) is 13.0 Å². The van der Waals surface area contributed by atoms with Crippen molar-refractivity contribution in [3.63, 3.8) is 0 Å². The molecule has 1 aliphatic rings. The van der Waals surface area contributed by atoms with Crippen LogP contribution in [0.25, 0.3) is 6.08 Å². The number of nitrogens with one attached hydrogen (secondary N) is 1. The highest BCUT2D eigenvalue weighted by Gasteiger charge is 2.34. The molecule has 1 saturated heterocycles. The molecule has 0 saturated carbocycles. The number of carbonyl (C=O) groups is 2. The second-order valence-corrected chi connectivity index (χ2v) is 5.62. The largest absolute Gasteiger partial charge is 0.433 e. The van der Waals surface area contributed by atoms with Crippen molar-refractivity contribution >= 4 is 46.8 Å². The van der Waals surface area contributed by atoms with Gasteiger partial charge in [0.25, 0.3) is 11.8 Å². The SMILES string of the molecule is Cc1cccc(N2C(=O)/C(=C\c3ccc([N+](=O)[O-])o3)C(=O)NC2=S)c1. The summed E-state index contributed by atoms with van der Waals surface area (Å²) in [7, 11) is 0. The zero-order valence-corrected chi connectivity index (χ0v) is 13.7. The van der Waals surface area contributed by atoms with E-state index in [1.54, 1.807) is 18.2 Å². The average molecular weight is 357 g/mol. The molecule has 0 unspecified atom stereocenters. The van der Waals surface area contributed by atoms with Crippen LogP contribution >= 0.6 is 12.2 Å². The Kier molecular flexibility index (Phi) is 4.15. The minimum Gasteiger partial charge on any atom is -0.401 e. The van der Waals surface area contributed by atoms with E-state index in [1.165, 1.54) is 11.0 Å². The quantitative estimate of drug-likeness (QED) is 0.297. The summed E-state index contributed by atoms with van der Waals surface area (Å²) >= 11 is 5.10. The fourth-order valence-corrected chi connectivity index (χ4v) is 2.60. The van der Waals surface area contributed by atoms with Gasteiger partial charge in [-0.05, 0) is 49.0 Å². The lowest BCUT2D eigenvalue weighted by atomic mass is 10.1. The number of aryl methyl sites for hydroxylation is 1. The van der Waals surface area contributed by atoms with Gasteiger partial charge in [-0.15, -0.1) is 0 Å². The molecule has 0 radical (unpaired) electrons. The Morgan fingerprint density at radius 2 is 2.04 bits per heavy atom. The smallest absolute Gasteiger partial charge is 0.401 e. The summed E-state index contributed by atoms with van der Waals surface area (Å²) in [6.45, 7) is 1.86. The van der Waals surface area contributed by atoms with Crippen LogP contribution < -0.4 is 10.2 Å². The number of amides is 2. The number of furan rings is 1. The number of anilines is 1. The van der Waals surface area contributed by atoms with Crippen molar-refractivity contribution in [2.75, 3.05) is 4.90 Å². The summed E-state index contributed by atoms with van der Waals surface area (Å²) < 4.78 is 4.97. The maximum absolute atomic E-state index is 12.7. The third-order valence-corrected chi connectivity index (χ3v) is 3.73. The monoisotopic (exact) mass is 357 g/mol. The summed E-state index contributed by atoms with van der Waals surface area (Å²) in [5.74, 6) is -1.81. The number of benzene rings is 1. The molecular formula is C16H11N3O5S. The molecule has 2 heterocycles. The van der Waals surface area contributed by atoms with Crippen molar-refractivity contribution in [3.05, 3.63) is 63.4 Å². The zero-order valence-electron chi connectivity index (χ0n) is 12.9. The Labute approximate surface area is 146 Å². The minimum atomic E-state index is -0.709. The Balaban J connectivity index is 2.00. The van der Waals surface area contributed by atoms with Crippen LogP contribution in [0.5, 0.6) is 0 Å². The van der Waals surface area contributed by atoms with Crippen LogP contribution in [0.4, 0.5) is 11.6 Å². The molecule has 3 rings (SSSR count). The van der Waals surface area contributed by atoms with Crippen molar-refractivity contribution < 1.29 is 18.9 Å². The molecule has 8 nitrogen and oxygen atoms in total. The summed E-state index contributed by atoms with van der Waals surface area (Å²) in [5.41, 5.74) is 1.18. The van der Waals surface area contributed by atoms with Crippen molar-refractivity contribution in [2.24, 2.45) is 0 Å². The van der Waals surface area contributed by atoms with Crippen molar-refractivity contribution in [3.8, 4) is 0 Å². The summed E-state index contributed by atoms with van der Waals surface area (Å²) in [6, 6.07) is 9.49. The molecule has 1 aromatic heterocycles. The molecule has 0 aliphatic carbocycles. The lowest BCUT2D eigenvalue weighted by Crippen LogP contribution is -2.54. The number of rotatable bonds is 3. The van der Waals surface area contributed by atoms with Gasteiger partial charge in [-0.2, -0.15) is 0 Å². The van der Waals surface area contributed by atoms with Gasteiger partial charge in [0.1, 0.15) is 16.3 Å². The van der Waals surface area contributed by atoms with Crippen molar-refractivity contribution in [1.82, 2.24) is 5.32 Å². The molecule has 1 aliphatic heterocycles. The van der Waals surface area contributed by atoms with Gasteiger partial charge < -0.3 is 4.42 Å². The standard InChI is InChI=1S/C16H11N3O5S/c1-9-3-2-4-10(7-9)18-15(21)12(14(20)17-16(18)25)8-11-5-6-13(24-11)19(22)23/h2-8H,1H3,(H,17,20,25)/b12-8-. The van der Waals surface area contributed by atoms with E-state index < -0.39 is 22.6 Å². The minimum absolute atomic E-state index is 0.0159. The summed E-state index contributed by atoms with van der Waals surface area (Å²) in [6.07, 6.45) is 1.15. The Morgan fingerprint density at radius 3 is 2.68 bits per heavy atom. The number of hydrogen-bond acceptors (Lipinski definition) is 6. The van der Waals surface area contributed by atoms with Crippen molar-refractivity contribution in [1.29, 1.82) is 0 Å².